The van der Waals surface area contributed by atoms with Gasteiger partial charge in [0.25, 0.3) is 0 Å². The molecule has 0 bridgehead atoms. The van der Waals surface area contributed by atoms with Crippen LogP contribution in [0.1, 0.15) is 6.42 Å². The number of amides is 2. The Morgan fingerprint density at radius 2 is 1.84 bits per heavy atom. The van der Waals surface area contributed by atoms with Gasteiger partial charge in [0.15, 0.2) is 5.82 Å². The predicted molar refractivity (Wildman–Crippen MR) is 113 cm³/mol. The molecule has 2 saturated heterocycles. The minimum absolute atomic E-state index is 0.0390. The highest BCUT2D eigenvalue weighted by molar-refractivity contribution is 6.00. The molecule has 5 rings (SSSR count). The van der Waals surface area contributed by atoms with Crippen molar-refractivity contribution in [1.82, 2.24) is 29.6 Å². The van der Waals surface area contributed by atoms with Crippen molar-refractivity contribution in [3.8, 4) is 5.82 Å². The lowest BCUT2D eigenvalue weighted by Gasteiger charge is -2.36. The number of carbonyl (C=O) groups excluding carboxylic acids is 2. The Labute approximate surface area is 183 Å². The SMILES string of the molecule is O=C([C@@H]1CC(=O)N(c2cccc(F)c2)C1)N1CCN(c2cc(-n3cncn3)ncn2)CC1. The van der Waals surface area contributed by atoms with E-state index >= 15 is 0 Å². The van der Waals surface area contributed by atoms with Gasteiger partial charge in [0.1, 0.15) is 30.6 Å². The van der Waals surface area contributed by atoms with Crippen LogP contribution in [0, 0.1) is 11.7 Å². The molecule has 10 nitrogen and oxygen atoms in total. The summed E-state index contributed by atoms with van der Waals surface area (Å²) in [7, 11) is 0. The minimum Gasteiger partial charge on any atom is -0.353 e. The molecule has 1 atom stereocenters. The molecule has 2 fully saturated rings. The van der Waals surface area contributed by atoms with Crippen LogP contribution >= 0.6 is 0 Å². The van der Waals surface area contributed by atoms with Gasteiger partial charge in [-0.05, 0) is 18.2 Å². The quantitative estimate of drug-likeness (QED) is 0.599. The minimum atomic E-state index is -0.421. The highest BCUT2D eigenvalue weighted by atomic mass is 19.1. The number of aromatic nitrogens is 5. The van der Waals surface area contributed by atoms with Gasteiger partial charge >= 0.3 is 0 Å². The number of nitrogens with zero attached hydrogens (tertiary/aromatic N) is 8. The van der Waals surface area contributed by atoms with Gasteiger partial charge < -0.3 is 14.7 Å². The third kappa shape index (κ3) is 3.88. The largest absolute Gasteiger partial charge is 0.353 e. The van der Waals surface area contributed by atoms with Crippen LogP contribution in [0.5, 0.6) is 0 Å². The lowest BCUT2D eigenvalue weighted by molar-refractivity contribution is -0.136. The first-order valence-corrected chi connectivity index (χ1v) is 10.4. The number of benzene rings is 1. The number of piperazine rings is 1. The average Bonchev–Trinajstić information content (AvgIpc) is 3.49. The molecule has 2 aliphatic rings. The van der Waals surface area contributed by atoms with Crippen molar-refractivity contribution in [1.29, 1.82) is 0 Å². The summed E-state index contributed by atoms with van der Waals surface area (Å²) in [5.74, 6) is 0.351. The van der Waals surface area contributed by atoms with Gasteiger partial charge in [-0.2, -0.15) is 5.10 Å². The van der Waals surface area contributed by atoms with E-state index in [0.29, 0.717) is 37.7 Å². The zero-order chi connectivity index (χ0) is 22.1. The van der Waals surface area contributed by atoms with E-state index in [1.54, 1.807) is 28.0 Å². The second-order valence-electron chi connectivity index (χ2n) is 7.77. The number of hydrogen-bond donors (Lipinski definition) is 0. The second kappa shape index (κ2) is 8.33. The molecule has 0 spiro atoms. The maximum absolute atomic E-state index is 13.5. The first kappa shape index (κ1) is 20.0. The molecule has 1 aromatic carbocycles. The number of carbonyl (C=O) groups is 2. The standard InChI is InChI=1S/C21H21FN8O2/c22-16-2-1-3-17(9-16)29-11-15(8-20(29)31)21(32)28-6-4-27(5-7-28)18-10-19(25-13-24-18)30-14-23-12-26-30/h1-3,9-10,12-15H,4-8,11H2/t15-/m1/s1. The molecule has 0 aliphatic carbocycles. The van der Waals surface area contributed by atoms with E-state index < -0.39 is 11.7 Å². The summed E-state index contributed by atoms with van der Waals surface area (Å²) in [4.78, 5) is 43.4. The highest BCUT2D eigenvalue weighted by Crippen LogP contribution is 2.27. The third-order valence-electron chi connectivity index (χ3n) is 5.80. The van der Waals surface area contributed by atoms with Crippen molar-refractivity contribution in [2.45, 2.75) is 6.42 Å². The first-order chi connectivity index (χ1) is 15.6. The van der Waals surface area contributed by atoms with Gasteiger partial charge in [-0.15, -0.1) is 0 Å². The molecule has 2 aliphatic heterocycles. The lowest BCUT2D eigenvalue weighted by Crippen LogP contribution is -2.51. The Bertz CT molecular complexity index is 1130. The molecule has 0 radical (unpaired) electrons. The summed E-state index contributed by atoms with van der Waals surface area (Å²) in [6.07, 6.45) is 4.63. The monoisotopic (exact) mass is 436 g/mol. The smallest absolute Gasteiger partial charge is 0.228 e. The van der Waals surface area contributed by atoms with Crippen molar-refractivity contribution in [3.05, 3.63) is 55.1 Å². The van der Waals surface area contributed by atoms with Crippen LogP contribution in [0.3, 0.4) is 0 Å². The fourth-order valence-corrected chi connectivity index (χ4v) is 4.14. The van der Waals surface area contributed by atoms with Crippen LogP contribution in [0.2, 0.25) is 0 Å². The van der Waals surface area contributed by atoms with Gasteiger partial charge in [0.2, 0.25) is 11.8 Å². The van der Waals surface area contributed by atoms with Crippen LogP contribution in [0.15, 0.2) is 49.3 Å². The molecule has 0 N–H and O–H groups in total. The Balaban J connectivity index is 1.21. The fraction of sp³-hybridized carbons (Fsp3) is 0.333. The molecule has 0 unspecified atom stereocenters. The molecule has 2 amide bonds. The van der Waals surface area contributed by atoms with Crippen molar-refractivity contribution < 1.29 is 14.0 Å². The fourth-order valence-electron chi connectivity index (χ4n) is 4.14. The van der Waals surface area contributed by atoms with Crippen molar-refractivity contribution >= 4 is 23.3 Å². The summed E-state index contributed by atoms with van der Waals surface area (Å²) >= 11 is 0. The Kier molecular flexibility index (Phi) is 5.21. The summed E-state index contributed by atoms with van der Waals surface area (Å²) in [5, 5.41) is 4.08. The zero-order valence-electron chi connectivity index (χ0n) is 17.2. The van der Waals surface area contributed by atoms with Crippen LogP contribution in [-0.4, -0.2) is 74.2 Å². The molecule has 3 aromatic rings. The van der Waals surface area contributed by atoms with Crippen molar-refractivity contribution in [2.24, 2.45) is 5.92 Å². The normalized spacial score (nSPS) is 19.0. The number of rotatable bonds is 4. The number of hydrogen-bond acceptors (Lipinski definition) is 7. The van der Waals surface area contributed by atoms with E-state index in [0.717, 1.165) is 5.82 Å². The predicted octanol–water partition coefficient (Wildman–Crippen LogP) is 0.898. The van der Waals surface area contributed by atoms with Gasteiger partial charge in [-0.3, -0.25) is 9.59 Å². The summed E-state index contributed by atoms with van der Waals surface area (Å²) in [6.45, 7) is 2.58. The van der Waals surface area contributed by atoms with Crippen molar-refractivity contribution in [2.75, 3.05) is 42.5 Å². The highest BCUT2D eigenvalue weighted by Gasteiger charge is 2.38. The van der Waals surface area contributed by atoms with E-state index in [-0.39, 0.29) is 24.8 Å². The van der Waals surface area contributed by atoms with E-state index in [2.05, 4.69) is 25.0 Å². The second-order valence-corrected chi connectivity index (χ2v) is 7.77. The number of anilines is 2. The maximum Gasteiger partial charge on any atom is 0.228 e. The van der Waals surface area contributed by atoms with E-state index in [1.165, 1.54) is 29.7 Å². The Morgan fingerprint density at radius 1 is 1.03 bits per heavy atom. The maximum atomic E-state index is 13.5. The summed E-state index contributed by atoms with van der Waals surface area (Å²) < 4.78 is 15.1. The molecule has 0 saturated carbocycles. The Hall–Kier alpha value is -3.89. The zero-order valence-corrected chi connectivity index (χ0v) is 17.2. The van der Waals surface area contributed by atoms with Gasteiger partial charge in [-0.25, -0.2) is 24.0 Å². The molecule has 164 valence electrons. The molecular weight excluding hydrogens is 415 g/mol. The summed E-state index contributed by atoms with van der Waals surface area (Å²) in [6, 6.07) is 7.73. The van der Waals surface area contributed by atoms with Gasteiger partial charge in [0, 0.05) is 50.9 Å². The van der Waals surface area contributed by atoms with Gasteiger partial charge in [0.05, 0.1) is 5.92 Å². The van der Waals surface area contributed by atoms with Crippen molar-refractivity contribution in [3.63, 3.8) is 0 Å². The van der Waals surface area contributed by atoms with Crippen LogP contribution in [-0.2, 0) is 9.59 Å². The first-order valence-electron chi connectivity index (χ1n) is 10.4. The average molecular weight is 436 g/mol. The number of halogens is 1. The Morgan fingerprint density at radius 3 is 2.59 bits per heavy atom. The van der Waals surface area contributed by atoms with Crippen LogP contribution in [0.25, 0.3) is 5.82 Å². The molecule has 4 heterocycles. The lowest BCUT2D eigenvalue weighted by atomic mass is 10.1. The molecule has 11 heteroatoms. The molecule has 32 heavy (non-hydrogen) atoms. The molecular formula is C21H21FN8O2. The van der Waals surface area contributed by atoms with Crippen LogP contribution in [0.4, 0.5) is 15.9 Å². The van der Waals surface area contributed by atoms with E-state index in [9.17, 15) is 14.0 Å². The van der Waals surface area contributed by atoms with Gasteiger partial charge in [-0.1, -0.05) is 6.07 Å². The van der Waals surface area contributed by atoms with E-state index in [1.807, 2.05) is 6.07 Å². The topological polar surface area (TPSA) is 100 Å². The van der Waals surface area contributed by atoms with Crippen LogP contribution < -0.4 is 9.80 Å². The van der Waals surface area contributed by atoms with E-state index in [4.69, 9.17) is 0 Å². The summed E-state index contributed by atoms with van der Waals surface area (Å²) in [5.41, 5.74) is 0.488. The molecule has 2 aromatic heterocycles. The third-order valence-corrected chi connectivity index (χ3v) is 5.80.